The van der Waals surface area contributed by atoms with Gasteiger partial charge >= 0.3 is 0 Å². The van der Waals surface area contributed by atoms with Gasteiger partial charge in [0.1, 0.15) is 0 Å². The molecule has 0 atom stereocenters. The molecule has 1 saturated carbocycles. The largest absolute Gasteiger partial charge is 0.398 e. The fourth-order valence-electron chi connectivity index (χ4n) is 1.62. The zero-order chi connectivity index (χ0) is 11.5. The normalized spacial score (nSPS) is 14.8. The number of benzene rings is 1. The Hall–Kier alpha value is -1.22. The lowest BCUT2D eigenvalue weighted by molar-refractivity contribution is 0.0953. The fourth-order valence-corrected chi connectivity index (χ4v) is 1.83. The minimum atomic E-state index is -0.141. The molecule has 0 bridgehead atoms. The number of carbonyl (C=O) groups is 1. The van der Waals surface area contributed by atoms with Gasteiger partial charge in [-0.25, -0.2) is 0 Å². The third-order valence-corrected chi connectivity index (χ3v) is 3.23. The van der Waals surface area contributed by atoms with Crippen molar-refractivity contribution in [1.29, 1.82) is 0 Å². The van der Waals surface area contributed by atoms with Gasteiger partial charge in [0, 0.05) is 6.54 Å². The van der Waals surface area contributed by atoms with Crippen LogP contribution < -0.4 is 11.1 Å². The number of nitrogens with two attached hydrogens (primary N) is 1. The minimum Gasteiger partial charge on any atom is -0.398 e. The highest BCUT2D eigenvalue weighted by atomic mass is 35.5. The molecular weight excluding hydrogens is 224 g/mol. The number of halogens is 1. The Morgan fingerprint density at radius 1 is 1.50 bits per heavy atom. The maximum Gasteiger partial charge on any atom is 0.252 e. The van der Waals surface area contributed by atoms with E-state index in [1.54, 1.807) is 18.2 Å². The number of amides is 1. The molecule has 1 aliphatic rings. The van der Waals surface area contributed by atoms with Gasteiger partial charge in [-0.1, -0.05) is 30.5 Å². The number of carbonyl (C=O) groups excluding carboxylic acids is 1. The van der Waals surface area contributed by atoms with Crippen LogP contribution in [0.1, 0.15) is 29.6 Å². The van der Waals surface area contributed by atoms with Gasteiger partial charge in [-0.2, -0.15) is 0 Å². The van der Waals surface area contributed by atoms with Crippen LogP contribution in [-0.4, -0.2) is 12.5 Å². The molecule has 1 amide bonds. The first-order chi connectivity index (χ1) is 7.68. The standard InChI is InChI=1S/C12H15ClN2O/c13-11-9(2-1-3-10(11)14)12(16)15-7-6-8-4-5-8/h1-3,8H,4-7,14H2,(H,15,16). The summed E-state index contributed by atoms with van der Waals surface area (Å²) >= 11 is 5.96. The van der Waals surface area contributed by atoms with Crippen molar-refractivity contribution < 1.29 is 4.79 Å². The maximum absolute atomic E-state index is 11.8. The number of nitrogens with one attached hydrogen (secondary N) is 1. The summed E-state index contributed by atoms with van der Waals surface area (Å²) in [6.07, 6.45) is 3.66. The van der Waals surface area contributed by atoms with Crippen molar-refractivity contribution in [2.75, 3.05) is 12.3 Å². The molecule has 4 heteroatoms. The Labute approximate surface area is 100.0 Å². The molecule has 16 heavy (non-hydrogen) atoms. The maximum atomic E-state index is 11.8. The van der Waals surface area contributed by atoms with Crippen molar-refractivity contribution in [3.05, 3.63) is 28.8 Å². The van der Waals surface area contributed by atoms with Gasteiger partial charge in [0.25, 0.3) is 5.91 Å². The molecule has 0 spiro atoms. The van der Waals surface area contributed by atoms with E-state index < -0.39 is 0 Å². The van der Waals surface area contributed by atoms with Crippen LogP contribution in [-0.2, 0) is 0 Å². The summed E-state index contributed by atoms with van der Waals surface area (Å²) < 4.78 is 0. The molecule has 0 unspecified atom stereocenters. The molecule has 0 aliphatic heterocycles. The fraction of sp³-hybridized carbons (Fsp3) is 0.417. The lowest BCUT2D eigenvalue weighted by atomic mass is 10.2. The lowest BCUT2D eigenvalue weighted by Crippen LogP contribution is -2.25. The summed E-state index contributed by atoms with van der Waals surface area (Å²) in [6.45, 7) is 0.717. The molecule has 0 heterocycles. The van der Waals surface area contributed by atoms with E-state index >= 15 is 0 Å². The van der Waals surface area contributed by atoms with Crippen LogP contribution >= 0.6 is 11.6 Å². The summed E-state index contributed by atoms with van der Waals surface area (Å²) in [5.41, 5.74) is 6.53. The second-order valence-electron chi connectivity index (χ2n) is 4.20. The van der Waals surface area contributed by atoms with Gasteiger partial charge in [0.15, 0.2) is 0 Å². The van der Waals surface area contributed by atoms with E-state index in [-0.39, 0.29) is 5.91 Å². The predicted molar refractivity (Wildman–Crippen MR) is 65.5 cm³/mol. The smallest absolute Gasteiger partial charge is 0.252 e. The number of hydrogen-bond acceptors (Lipinski definition) is 2. The molecule has 0 aromatic heterocycles. The molecule has 1 aromatic rings. The van der Waals surface area contributed by atoms with E-state index in [0.717, 1.165) is 12.3 Å². The second-order valence-corrected chi connectivity index (χ2v) is 4.57. The molecule has 3 N–H and O–H groups in total. The first-order valence-corrected chi connectivity index (χ1v) is 5.88. The van der Waals surface area contributed by atoms with Crippen LogP contribution in [0.15, 0.2) is 18.2 Å². The van der Waals surface area contributed by atoms with Crippen molar-refractivity contribution in [2.45, 2.75) is 19.3 Å². The Morgan fingerprint density at radius 3 is 2.94 bits per heavy atom. The number of rotatable bonds is 4. The van der Waals surface area contributed by atoms with Crippen molar-refractivity contribution in [3.8, 4) is 0 Å². The van der Waals surface area contributed by atoms with Gasteiger partial charge in [-0.15, -0.1) is 0 Å². The van der Waals surface area contributed by atoms with Crippen LogP contribution in [0.25, 0.3) is 0 Å². The third-order valence-electron chi connectivity index (χ3n) is 2.81. The Bertz CT molecular complexity index is 402. The second kappa shape index (κ2) is 4.74. The van der Waals surface area contributed by atoms with Crippen LogP contribution in [0, 0.1) is 5.92 Å². The molecule has 86 valence electrons. The van der Waals surface area contributed by atoms with Crippen LogP contribution in [0.5, 0.6) is 0 Å². The van der Waals surface area contributed by atoms with Gasteiger partial charge in [-0.05, 0) is 24.5 Å². The van der Waals surface area contributed by atoms with Crippen LogP contribution in [0.4, 0.5) is 5.69 Å². The molecule has 0 saturated heterocycles. The topological polar surface area (TPSA) is 55.1 Å². The summed E-state index contributed by atoms with van der Waals surface area (Å²) in [4.78, 5) is 11.8. The zero-order valence-corrected chi connectivity index (χ0v) is 9.76. The summed E-state index contributed by atoms with van der Waals surface area (Å²) in [5.74, 6) is 0.676. The van der Waals surface area contributed by atoms with E-state index in [1.165, 1.54) is 12.8 Å². The predicted octanol–water partition coefficient (Wildman–Crippen LogP) is 2.45. The van der Waals surface area contributed by atoms with Gasteiger partial charge in [-0.3, -0.25) is 4.79 Å². The Morgan fingerprint density at radius 2 is 2.25 bits per heavy atom. The molecule has 0 radical (unpaired) electrons. The molecule has 1 aliphatic carbocycles. The molecular formula is C12H15ClN2O. The van der Waals surface area contributed by atoms with E-state index in [2.05, 4.69) is 5.32 Å². The van der Waals surface area contributed by atoms with Crippen molar-refractivity contribution in [2.24, 2.45) is 5.92 Å². The van der Waals surface area contributed by atoms with Crippen molar-refractivity contribution >= 4 is 23.2 Å². The van der Waals surface area contributed by atoms with Gasteiger partial charge < -0.3 is 11.1 Å². The number of hydrogen-bond donors (Lipinski definition) is 2. The first kappa shape index (κ1) is 11.3. The minimum absolute atomic E-state index is 0.141. The highest BCUT2D eigenvalue weighted by Crippen LogP contribution is 2.31. The highest BCUT2D eigenvalue weighted by molar-refractivity contribution is 6.36. The average Bonchev–Trinajstić information content (AvgIpc) is 3.06. The van der Waals surface area contributed by atoms with E-state index in [9.17, 15) is 4.79 Å². The quantitative estimate of drug-likeness (QED) is 0.792. The first-order valence-electron chi connectivity index (χ1n) is 5.50. The average molecular weight is 239 g/mol. The molecule has 1 aromatic carbocycles. The lowest BCUT2D eigenvalue weighted by Gasteiger charge is -2.07. The Balaban J connectivity index is 1.93. The van der Waals surface area contributed by atoms with Crippen molar-refractivity contribution in [1.82, 2.24) is 5.32 Å². The number of nitrogen functional groups attached to an aromatic ring is 1. The Kier molecular flexibility index (Phi) is 3.34. The zero-order valence-electron chi connectivity index (χ0n) is 9.00. The van der Waals surface area contributed by atoms with Crippen LogP contribution in [0.3, 0.4) is 0 Å². The van der Waals surface area contributed by atoms with Gasteiger partial charge in [0.05, 0.1) is 16.3 Å². The molecule has 1 fully saturated rings. The van der Waals surface area contributed by atoms with Crippen LogP contribution in [0.2, 0.25) is 5.02 Å². The van der Waals surface area contributed by atoms with E-state index in [0.29, 0.717) is 22.8 Å². The summed E-state index contributed by atoms with van der Waals surface area (Å²) in [7, 11) is 0. The summed E-state index contributed by atoms with van der Waals surface area (Å²) in [6, 6.07) is 5.10. The van der Waals surface area contributed by atoms with Gasteiger partial charge in [0.2, 0.25) is 0 Å². The van der Waals surface area contributed by atoms with Crippen molar-refractivity contribution in [3.63, 3.8) is 0 Å². The van der Waals surface area contributed by atoms with E-state index in [1.807, 2.05) is 0 Å². The third kappa shape index (κ3) is 2.67. The number of anilines is 1. The molecule has 2 rings (SSSR count). The van der Waals surface area contributed by atoms with E-state index in [4.69, 9.17) is 17.3 Å². The SMILES string of the molecule is Nc1cccc(C(=O)NCCC2CC2)c1Cl. The molecule has 3 nitrogen and oxygen atoms in total. The summed E-state index contributed by atoms with van der Waals surface area (Å²) in [5, 5.41) is 3.20. The highest BCUT2D eigenvalue weighted by Gasteiger charge is 2.21. The monoisotopic (exact) mass is 238 g/mol.